The first kappa shape index (κ1) is 13.9. The first-order chi connectivity index (χ1) is 7.11. The summed E-state index contributed by atoms with van der Waals surface area (Å²) in [5, 5.41) is 5.63. The van der Waals surface area contributed by atoms with Crippen LogP contribution >= 0.6 is 0 Å². The molecule has 2 N–H and O–H groups in total. The van der Waals surface area contributed by atoms with Crippen molar-refractivity contribution >= 4 is 11.9 Å². The Morgan fingerprint density at radius 2 is 2.07 bits per heavy atom. The van der Waals surface area contributed by atoms with Crippen LogP contribution in [0, 0.1) is 5.92 Å². The molecule has 0 aliphatic carbocycles. The van der Waals surface area contributed by atoms with Gasteiger partial charge in [-0.2, -0.15) is 0 Å². The van der Waals surface area contributed by atoms with Crippen molar-refractivity contribution in [3.05, 3.63) is 0 Å². The molecule has 0 spiro atoms. The third-order valence-corrected chi connectivity index (χ3v) is 1.91. The van der Waals surface area contributed by atoms with Crippen molar-refractivity contribution in [3.8, 4) is 0 Å². The number of carbonyl (C=O) groups is 2. The minimum absolute atomic E-state index is 0.0473. The van der Waals surface area contributed by atoms with Crippen LogP contribution in [0.4, 0.5) is 0 Å². The molecule has 88 valence electrons. The Morgan fingerprint density at radius 1 is 1.40 bits per heavy atom. The van der Waals surface area contributed by atoms with Gasteiger partial charge in [0.05, 0.1) is 19.6 Å². The number of amides is 1. The van der Waals surface area contributed by atoms with E-state index in [4.69, 9.17) is 0 Å². The molecule has 15 heavy (non-hydrogen) atoms. The van der Waals surface area contributed by atoms with Gasteiger partial charge in [0.1, 0.15) is 0 Å². The van der Waals surface area contributed by atoms with Crippen LogP contribution in [0.25, 0.3) is 0 Å². The first-order valence-electron chi connectivity index (χ1n) is 5.17. The van der Waals surface area contributed by atoms with Crippen LogP contribution in [0.15, 0.2) is 0 Å². The maximum atomic E-state index is 11.1. The number of methoxy groups -OCH3 is 1. The fourth-order valence-corrected chi connectivity index (χ4v) is 1.01. The standard InChI is InChI=1S/C10H20N2O3/c1-4-5-12-9(13)7-11-6-8(2)10(14)15-3/h8,11H,4-7H2,1-3H3,(H,12,13). The Labute approximate surface area is 90.6 Å². The number of ether oxygens (including phenoxy) is 1. The molecule has 0 fully saturated rings. The second kappa shape index (κ2) is 8.23. The molecule has 1 unspecified atom stereocenters. The van der Waals surface area contributed by atoms with E-state index in [2.05, 4.69) is 15.4 Å². The van der Waals surface area contributed by atoms with Gasteiger partial charge in [0, 0.05) is 13.1 Å². The van der Waals surface area contributed by atoms with Gasteiger partial charge in [-0.05, 0) is 6.42 Å². The molecule has 0 aromatic rings. The van der Waals surface area contributed by atoms with E-state index in [0.717, 1.165) is 6.42 Å². The summed E-state index contributed by atoms with van der Waals surface area (Å²) >= 11 is 0. The van der Waals surface area contributed by atoms with E-state index in [1.54, 1.807) is 6.92 Å². The summed E-state index contributed by atoms with van der Waals surface area (Å²) in [6.07, 6.45) is 0.921. The highest BCUT2D eigenvalue weighted by atomic mass is 16.5. The van der Waals surface area contributed by atoms with Crippen molar-refractivity contribution < 1.29 is 14.3 Å². The van der Waals surface area contributed by atoms with Crippen LogP contribution in [0.3, 0.4) is 0 Å². The lowest BCUT2D eigenvalue weighted by Crippen LogP contribution is -2.37. The van der Waals surface area contributed by atoms with Crippen molar-refractivity contribution in [2.45, 2.75) is 20.3 Å². The van der Waals surface area contributed by atoms with Crippen LogP contribution < -0.4 is 10.6 Å². The summed E-state index contributed by atoms with van der Waals surface area (Å²) in [7, 11) is 1.35. The van der Waals surface area contributed by atoms with E-state index < -0.39 is 0 Å². The smallest absolute Gasteiger partial charge is 0.309 e. The molecule has 0 aliphatic rings. The predicted octanol–water partition coefficient (Wildman–Crippen LogP) is -0.0887. The van der Waals surface area contributed by atoms with E-state index >= 15 is 0 Å². The average Bonchev–Trinajstić information content (AvgIpc) is 2.24. The second-order valence-corrected chi connectivity index (χ2v) is 3.41. The Morgan fingerprint density at radius 3 is 2.60 bits per heavy atom. The summed E-state index contributed by atoms with van der Waals surface area (Å²) in [6, 6.07) is 0. The molecule has 0 rings (SSSR count). The third-order valence-electron chi connectivity index (χ3n) is 1.91. The largest absolute Gasteiger partial charge is 0.469 e. The number of nitrogens with one attached hydrogen (secondary N) is 2. The molecule has 1 amide bonds. The molecule has 0 aromatic carbocycles. The van der Waals surface area contributed by atoms with Gasteiger partial charge in [0.2, 0.25) is 5.91 Å². The van der Waals surface area contributed by atoms with Gasteiger partial charge in [-0.3, -0.25) is 9.59 Å². The van der Waals surface area contributed by atoms with E-state index in [-0.39, 0.29) is 24.3 Å². The van der Waals surface area contributed by atoms with Crippen molar-refractivity contribution in [3.63, 3.8) is 0 Å². The van der Waals surface area contributed by atoms with Crippen LogP contribution in [0.2, 0.25) is 0 Å². The van der Waals surface area contributed by atoms with Crippen LogP contribution in [-0.4, -0.2) is 38.6 Å². The van der Waals surface area contributed by atoms with E-state index in [0.29, 0.717) is 13.1 Å². The summed E-state index contributed by atoms with van der Waals surface area (Å²) in [5.74, 6) is -0.542. The Kier molecular flexibility index (Phi) is 7.62. The Balaban J connectivity index is 3.52. The van der Waals surface area contributed by atoms with Gasteiger partial charge in [-0.15, -0.1) is 0 Å². The Bertz CT molecular complexity index is 207. The summed E-state index contributed by atoms with van der Waals surface area (Å²) in [5.41, 5.74) is 0. The SMILES string of the molecule is CCCNC(=O)CNCC(C)C(=O)OC. The number of hydrogen-bond acceptors (Lipinski definition) is 4. The highest BCUT2D eigenvalue weighted by Crippen LogP contribution is 1.94. The van der Waals surface area contributed by atoms with Crippen LogP contribution in [0.5, 0.6) is 0 Å². The highest BCUT2D eigenvalue weighted by molar-refractivity contribution is 5.78. The van der Waals surface area contributed by atoms with Gasteiger partial charge in [-0.1, -0.05) is 13.8 Å². The van der Waals surface area contributed by atoms with Gasteiger partial charge < -0.3 is 15.4 Å². The number of esters is 1. The zero-order valence-electron chi connectivity index (χ0n) is 9.63. The first-order valence-corrected chi connectivity index (χ1v) is 5.17. The van der Waals surface area contributed by atoms with Gasteiger partial charge in [0.15, 0.2) is 0 Å². The molecule has 0 heterocycles. The predicted molar refractivity (Wildman–Crippen MR) is 57.4 cm³/mol. The molecule has 5 nitrogen and oxygen atoms in total. The summed E-state index contributed by atoms with van der Waals surface area (Å²) in [6.45, 7) is 5.12. The third kappa shape index (κ3) is 6.90. The highest BCUT2D eigenvalue weighted by Gasteiger charge is 2.12. The van der Waals surface area contributed by atoms with Crippen molar-refractivity contribution in [1.29, 1.82) is 0 Å². The second-order valence-electron chi connectivity index (χ2n) is 3.41. The molecular formula is C10H20N2O3. The fraction of sp³-hybridized carbons (Fsp3) is 0.800. The van der Waals surface area contributed by atoms with Crippen molar-refractivity contribution in [2.24, 2.45) is 5.92 Å². The van der Waals surface area contributed by atoms with Gasteiger partial charge >= 0.3 is 5.97 Å². The molecular weight excluding hydrogens is 196 g/mol. The summed E-state index contributed by atoms with van der Waals surface area (Å²) < 4.78 is 4.55. The molecule has 0 bridgehead atoms. The van der Waals surface area contributed by atoms with Crippen LogP contribution in [0.1, 0.15) is 20.3 Å². The topological polar surface area (TPSA) is 67.4 Å². The average molecular weight is 216 g/mol. The number of rotatable bonds is 7. The summed E-state index contributed by atoms with van der Waals surface area (Å²) in [4.78, 5) is 22.1. The minimum Gasteiger partial charge on any atom is -0.469 e. The maximum absolute atomic E-state index is 11.1. The zero-order chi connectivity index (χ0) is 11.7. The molecule has 0 aromatic heterocycles. The lowest BCUT2D eigenvalue weighted by atomic mass is 10.2. The van der Waals surface area contributed by atoms with E-state index in [1.807, 2.05) is 6.92 Å². The lowest BCUT2D eigenvalue weighted by Gasteiger charge is -2.10. The molecule has 0 aliphatic heterocycles. The Hall–Kier alpha value is -1.10. The number of carbonyl (C=O) groups excluding carboxylic acids is 2. The van der Waals surface area contributed by atoms with Gasteiger partial charge in [-0.25, -0.2) is 0 Å². The monoisotopic (exact) mass is 216 g/mol. The molecule has 5 heteroatoms. The zero-order valence-corrected chi connectivity index (χ0v) is 9.63. The minimum atomic E-state index is -0.267. The van der Waals surface area contributed by atoms with Crippen molar-refractivity contribution in [2.75, 3.05) is 26.7 Å². The molecule has 0 saturated carbocycles. The quantitative estimate of drug-likeness (QED) is 0.584. The van der Waals surface area contributed by atoms with E-state index in [9.17, 15) is 9.59 Å². The molecule has 1 atom stereocenters. The normalized spacial score (nSPS) is 11.9. The molecule has 0 saturated heterocycles. The maximum Gasteiger partial charge on any atom is 0.309 e. The van der Waals surface area contributed by atoms with Crippen molar-refractivity contribution in [1.82, 2.24) is 10.6 Å². The van der Waals surface area contributed by atoms with Crippen LogP contribution in [-0.2, 0) is 14.3 Å². The number of hydrogen-bond donors (Lipinski definition) is 2. The van der Waals surface area contributed by atoms with Gasteiger partial charge in [0.25, 0.3) is 0 Å². The van der Waals surface area contributed by atoms with E-state index in [1.165, 1.54) is 7.11 Å². The fourth-order valence-electron chi connectivity index (χ4n) is 1.01. The lowest BCUT2D eigenvalue weighted by molar-refractivity contribution is -0.144. The molecule has 0 radical (unpaired) electrons.